The SMILES string of the molecule is COc1ccc(C(=O)COC(=O)Cn2cc(C(F)(F)F)ccc2=O)cc1Cl. The zero-order valence-electron chi connectivity index (χ0n) is 13.9. The van der Waals surface area contributed by atoms with E-state index in [1.807, 2.05) is 0 Å². The molecule has 2 aromatic rings. The van der Waals surface area contributed by atoms with Gasteiger partial charge in [0, 0.05) is 17.8 Å². The number of carbonyl (C=O) groups excluding carboxylic acids is 2. The van der Waals surface area contributed by atoms with E-state index in [1.165, 1.54) is 25.3 Å². The fraction of sp³-hybridized carbons (Fsp3) is 0.235. The summed E-state index contributed by atoms with van der Waals surface area (Å²) < 4.78 is 48.2. The van der Waals surface area contributed by atoms with E-state index in [-0.39, 0.29) is 10.6 Å². The Hall–Kier alpha value is -2.81. The maximum atomic E-state index is 12.7. The quantitative estimate of drug-likeness (QED) is 0.547. The highest BCUT2D eigenvalue weighted by molar-refractivity contribution is 6.32. The van der Waals surface area contributed by atoms with E-state index in [0.29, 0.717) is 28.6 Å². The number of ketones is 1. The predicted molar refractivity (Wildman–Crippen MR) is 89.0 cm³/mol. The van der Waals surface area contributed by atoms with Crippen molar-refractivity contribution >= 4 is 23.4 Å². The molecule has 0 bridgehead atoms. The number of esters is 1. The van der Waals surface area contributed by atoms with Crippen LogP contribution in [0.4, 0.5) is 13.2 Å². The molecule has 10 heteroatoms. The summed E-state index contributed by atoms with van der Waals surface area (Å²) in [6, 6.07) is 5.51. The van der Waals surface area contributed by atoms with Crippen molar-refractivity contribution in [1.29, 1.82) is 0 Å². The third kappa shape index (κ3) is 5.33. The second-order valence-electron chi connectivity index (χ2n) is 5.31. The summed E-state index contributed by atoms with van der Waals surface area (Å²) in [5, 5.41) is 0.185. The molecule has 0 spiro atoms. The van der Waals surface area contributed by atoms with Crippen LogP contribution in [0.3, 0.4) is 0 Å². The molecule has 144 valence electrons. The number of rotatable bonds is 6. The number of halogens is 4. The van der Waals surface area contributed by atoms with E-state index in [9.17, 15) is 27.6 Å². The molecular formula is C17H13ClF3NO5. The van der Waals surface area contributed by atoms with Crippen molar-refractivity contribution in [2.24, 2.45) is 0 Å². The van der Waals surface area contributed by atoms with Crippen LogP contribution in [0.1, 0.15) is 15.9 Å². The standard InChI is InChI=1S/C17H13ClF3NO5/c1-26-14-4-2-10(6-12(14)18)13(23)9-27-16(25)8-22-7-11(17(19,20)21)3-5-15(22)24/h2-7H,8-9H2,1H3. The lowest BCUT2D eigenvalue weighted by Crippen LogP contribution is -2.27. The predicted octanol–water partition coefficient (Wildman–Crippen LogP) is 2.96. The number of Topliss-reactive ketones (excluding diaryl/α,β-unsaturated/α-hetero) is 1. The van der Waals surface area contributed by atoms with E-state index in [4.69, 9.17) is 21.1 Å². The van der Waals surface area contributed by atoms with Crippen molar-refractivity contribution in [2.45, 2.75) is 12.7 Å². The van der Waals surface area contributed by atoms with Crippen LogP contribution < -0.4 is 10.3 Å². The van der Waals surface area contributed by atoms with Gasteiger partial charge in [-0.1, -0.05) is 11.6 Å². The van der Waals surface area contributed by atoms with Crippen LogP contribution in [0, 0.1) is 0 Å². The van der Waals surface area contributed by atoms with Crippen molar-refractivity contribution in [3.8, 4) is 5.75 Å². The largest absolute Gasteiger partial charge is 0.495 e. The van der Waals surface area contributed by atoms with Crippen molar-refractivity contribution < 1.29 is 32.2 Å². The van der Waals surface area contributed by atoms with Gasteiger partial charge < -0.3 is 14.0 Å². The van der Waals surface area contributed by atoms with Crippen LogP contribution in [0.2, 0.25) is 5.02 Å². The Bertz CT molecular complexity index is 924. The van der Waals surface area contributed by atoms with Crippen LogP contribution in [0.5, 0.6) is 5.75 Å². The summed E-state index contributed by atoms with van der Waals surface area (Å²) in [6.45, 7) is -1.42. The molecule has 1 aromatic carbocycles. The molecule has 6 nitrogen and oxygen atoms in total. The van der Waals surface area contributed by atoms with Crippen LogP contribution >= 0.6 is 11.6 Å². The summed E-state index contributed by atoms with van der Waals surface area (Å²) in [4.78, 5) is 35.4. The van der Waals surface area contributed by atoms with Gasteiger partial charge in [0.2, 0.25) is 0 Å². The molecule has 1 aromatic heterocycles. The monoisotopic (exact) mass is 403 g/mol. The molecule has 0 aliphatic carbocycles. The summed E-state index contributed by atoms with van der Waals surface area (Å²) in [5.41, 5.74) is -1.74. The zero-order valence-corrected chi connectivity index (χ0v) is 14.6. The van der Waals surface area contributed by atoms with E-state index in [2.05, 4.69) is 0 Å². The van der Waals surface area contributed by atoms with Gasteiger partial charge >= 0.3 is 12.1 Å². The minimum absolute atomic E-state index is 0.157. The molecule has 0 fully saturated rings. The van der Waals surface area contributed by atoms with Gasteiger partial charge in [-0.15, -0.1) is 0 Å². The van der Waals surface area contributed by atoms with Gasteiger partial charge in [-0.25, -0.2) is 0 Å². The smallest absolute Gasteiger partial charge is 0.417 e. The summed E-state index contributed by atoms with van der Waals surface area (Å²) in [7, 11) is 1.40. The lowest BCUT2D eigenvalue weighted by atomic mass is 10.1. The number of hydrogen-bond acceptors (Lipinski definition) is 5. The molecule has 0 saturated carbocycles. The van der Waals surface area contributed by atoms with Crippen molar-refractivity contribution in [2.75, 3.05) is 13.7 Å². The first-order valence-electron chi connectivity index (χ1n) is 7.42. The van der Waals surface area contributed by atoms with Crippen LogP contribution in [-0.2, 0) is 22.3 Å². The molecule has 1 heterocycles. The van der Waals surface area contributed by atoms with E-state index in [1.54, 1.807) is 0 Å². The average Bonchev–Trinajstić information content (AvgIpc) is 2.60. The molecule has 0 amide bonds. The molecule has 0 aliphatic rings. The molecule has 0 saturated heterocycles. The molecule has 27 heavy (non-hydrogen) atoms. The Kier molecular flexibility index (Phi) is 6.27. The molecule has 0 atom stereocenters. The Balaban J connectivity index is 2.01. The number of methoxy groups -OCH3 is 1. The van der Waals surface area contributed by atoms with Gasteiger partial charge in [0.25, 0.3) is 5.56 Å². The van der Waals surface area contributed by atoms with E-state index in [0.717, 1.165) is 0 Å². The highest BCUT2D eigenvalue weighted by atomic mass is 35.5. The highest BCUT2D eigenvalue weighted by Gasteiger charge is 2.31. The lowest BCUT2D eigenvalue weighted by Gasteiger charge is -2.10. The summed E-state index contributed by atoms with van der Waals surface area (Å²) in [5.74, 6) is -1.26. The number of carbonyl (C=O) groups is 2. The summed E-state index contributed by atoms with van der Waals surface area (Å²) in [6.07, 6.45) is -4.16. The second kappa shape index (κ2) is 8.26. The van der Waals surface area contributed by atoms with Crippen molar-refractivity contribution in [3.63, 3.8) is 0 Å². The zero-order chi connectivity index (χ0) is 20.2. The molecule has 0 unspecified atom stereocenters. The van der Waals surface area contributed by atoms with Crippen LogP contribution in [-0.4, -0.2) is 30.0 Å². The fourth-order valence-electron chi connectivity index (χ4n) is 2.08. The van der Waals surface area contributed by atoms with Gasteiger partial charge in [-0.3, -0.25) is 14.4 Å². The molecule has 0 N–H and O–H groups in total. The summed E-state index contributed by atoms with van der Waals surface area (Å²) >= 11 is 5.90. The number of ether oxygens (including phenoxy) is 2. The van der Waals surface area contributed by atoms with Gasteiger partial charge in [-0.05, 0) is 24.3 Å². The van der Waals surface area contributed by atoms with Gasteiger partial charge in [0.1, 0.15) is 12.3 Å². The fourth-order valence-corrected chi connectivity index (χ4v) is 2.33. The van der Waals surface area contributed by atoms with Crippen LogP contribution in [0.25, 0.3) is 0 Å². The first-order valence-corrected chi connectivity index (χ1v) is 7.79. The Morgan fingerprint density at radius 3 is 2.48 bits per heavy atom. The first-order chi connectivity index (χ1) is 12.6. The second-order valence-corrected chi connectivity index (χ2v) is 5.72. The third-order valence-electron chi connectivity index (χ3n) is 3.45. The third-order valence-corrected chi connectivity index (χ3v) is 3.74. The number of alkyl halides is 3. The Morgan fingerprint density at radius 1 is 1.19 bits per heavy atom. The van der Waals surface area contributed by atoms with E-state index < -0.39 is 42.2 Å². The number of aromatic nitrogens is 1. The van der Waals surface area contributed by atoms with Gasteiger partial charge in [0.15, 0.2) is 12.4 Å². The highest BCUT2D eigenvalue weighted by Crippen LogP contribution is 2.28. The molecule has 0 radical (unpaired) electrons. The minimum Gasteiger partial charge on any atom is -0.495 e. The topological polar surface area (TPSA) is 74.6 Å². The molecule has 2 rings (SSSR count). The lowest BCUT2D eigenvalue weighted by molar-refractivity contribution is -0.144. The first kappa shape index (κ1) is 20.5. The van der Waals surface area contributed by atoms with Crippen LogP contribution in [0.15, 0.2) is 41.3 Å². The molecular weight excluding hydrogens is 391 g/mol. The maximum Gasteiger partial charge on any atom is 0.417 e. The van der Waals surface area contributed by atoms with Gasteiger partial charge in [0.05, 0.1) is 17.7 Å². The molecule has 0 aliphatic heterocycles. The minimum atomic E-state index is -4.66. The Morgan fingerprint density at radius 2 is 1.89 bits per heavy atom. The number of pyridine rings is 1. The maximum absolute atomic E-state index is 12.7. The normalized spacial score (nSPS) is 11.1. The number of nitrogens with zero attached hydrogens (tertiary/aromatic N) is 1. The van der Waals surface area contributed by atoms with Crippen molar-refractivity contribution in [3.05, 3.63) is 63.0 Å². The van der Waals surface area contributed by atoms with E-state index >= 15 is 0 Å². The average molecular weight is 404 g/mol. The Labute approximate surface area is 156 Å². The number of hydrogen-bond donors (Lipinski definition) is 0. The van der Waals surface area contributed by atoms with Crippen molar-refractivity contribution in [1.82, 2.24) is 4.57 Å². The van der Waals surface area contributed by atoms with Gasteiger partial charge in [-0.2, -0.15) is 13.2 Å². The number of benzene rings is 1.